The molecule has 2 heteroatoms. The number of nitrogens with zero attached hydrogens (tertiary/aromatic N) is 1. The van der Waals surface area contributed by atoms with Crippen molar-refractivity contribution in [3.63, 3.8) is 0 Å². The number of hydrogen-bond donors (Lipinski definition) is 0. The summed E-state index contributed by atoms with van der Waals surface area (Å²) in [6.45, 7) is 3.92. The van der Waals surface area contributed by atoms with E-state index >= 15 is 0 Å². The molecule has 0 bridgehead atoms. The monoisotopic (exact) mass is 153 g/mol. The molecule has 0 rings (SSSR count). The first-order valence-corrected chi connectivity index (χ1v) is 4.18. The summed E-state index contributed by atoms with van der Waals surface area (Å²) in [5.74, 6) is -0.251. The zero-order chi connectivity index (χ0) is 8.69. The minimum absolute atomic E-state index is 0.108. The maximum atomic E-state index is 11.1. The van der Waals surface area contributed by atoms with Crippen LogP contribution in [0.3, 0.4) is 0 Å². The molecule has 0 aromatic carbocycles. The van der Waals surface area contributed by atoms with Crippen LogP contribution in [-0.4, -0.2) is 5.78 Å². The van der Waals surface area contributed by atoms with Crippen molar-refractivity contribution in [3.05, 3.63) is 0 Å². The van der Waals surface area contributed by atoms with Gasteiger partial charge in [0, 0.05) is 6.42 Å². The lowest BCUT2D eigenvalue weighted by molar-refractivity contribution is -0.121. The second-order valence-corrected chi connectivity index (χ2v) is 2.66. The Morgan fingerprint density at radius 2 is 2.18 bits per heavy atom. The van der Waals surface area contributed by atoms with Gasteiger partial charge in [-0.15, -0.1) is 0 Å². The van der Waals surface area contributed by atoms with E-state index in [2.05, 4.69) is 0 Å². The molecule has 0 aliphatic heterocycles. The van der Waals surface area contributed by atoms with Crippen LogP contribution < -0.4 is 0 Å². The minimum Gasteiger partial charge on any atom is -0.298 e. The quantitative estimate of drug-likeness (QED) is 0.608. The largest absolute Gasteiger partial charge is 0.298 e. The fourth-order valence-corrected chi connectivity index (χ4v) is 0.916. The van der Waals surface area contributed by atoms with Gasteiger partial charge in [0.25, 0.3) is 0 Å². The number of unbranched alkanes of at least 4 members (excludes halogenated alkanes) is 1. The lowest BCUT2D eigenvalue weighted by atomic mass is 9.99. The highest BCUT2D eigenvalue weighted by Crippen LogP contribution is 2.07. The molecule has 2 nitrogen and oxygen atoms in total. The lowest BCUT2D eigenvalue weighted by Crippen LogP contribution is -2.10. The molecule has 0 N–H and O–H groups in total. The first-order chi connectivity index (χ1) is 5.26. The van der Waals surface area contributed by atoms with E-state index in [1.807, 2.05) is 19.9 Å². The van der Waals surface area contributed by atoms with Gasteiger partial charge in [0.05, 0.1) is 6.07 Å². The Balaban J connectivity index is 3.72. The molecule has 11 heavy (non-hydrogen) atoms. The Morgan fingerprint density at radius 3 is 2.55 bits per heavy atom. The molecule has 0 radical (unpaired) electrons. The molecular formula is C9H15NO. The Bertz CT molecular complexity index is 157. The van der Waals surface area contributed by atoms with E-state index in [0.29, 0.717) is 12.8 Å². The van der Waals surface area contributed by atoms with Gasteiger partial charge in [-0.3, -0.25) is 4.79 Å². The minimum atomic E-state index is -0.360. The zero-order valence-corrected chi connectivity index (χ0v) is 7.26. The van der Waals surface area contributed by atoms with E-state index < -0.39 is 0 Å². The average molecular weight is 153 g/mol. The van der Waals surface area contributed by atoms with Crippen molar-refractivity contribution in [3.8, 4) is 6.07 Å². The maximum absolute atomic E-state index is 11.1. The second-order valence-electron chi connectivity index (χ2n) is 2.66. The summed E-state index contributed by atoms with van der Waals surface area (Å²) in [6, 6.07) is 2.01. The number of carbonyl (C=O) groups excluding carboxylic acids is 1. The molecule has 1 atom stereocenters. The van der Waals surface area contributed by atoms with Crippen molar-refractivity contribution in [1.29, 1.82) is 5.26 Å². The molecule has 0 saturated carbocycles. The number of hydrogen-bond acceptors (Lipinski definition) is 2. The fraction of sp³-hybridized carbons (Fsp3) is 0.778. The van der Waals surface area contributed by atoms with Gasteiger partial charge in [-0.05, 0) is 12.8 Å². The van der Waals surface area contributed by atoms with E-state index in [-0.39, 0.29) is 11.7 Å². The average Bonchev–Trinajstić information content (AvgIpc) is 2.03. The molecular weight excluding hydrogens is 138 g/mol. The van der Waals surface area contributed by atoms with E-state index in [1.54, 1.807) is 0 Å². The molecule has 0 heterocycles. The van der Waals surface area contributed by atoms with Crippen LogP contribution in [0.25, 0.3) is 0 Å². The predicted molar refractivity (Wildman–Crippen MR) is 43.9 cm³/mol. The smallest absolute Gasteiger partial charge is 0.149 e. The first-order valence-electron chi connectivity index (χ1n) is 4.18. The number of rotatable bonds is 5. The summed E-state index contributed by atoms with van der Waals surface area (Å²) in [5, 5.41) is 8.52. The molecule has 0 spiro atoms. The van der Waals surface area contributed by atoms with Gasteiger partial charge >= 0.3 is 0 Å². The predicted octanol–water partition coefficient (Wildman–Crippen LogP) is 2.30. The molecule has 0 aromatic rings. The van der Waals surface area contributed by atoms with Gasteiger partial charge in [-0.1, -0.05) is 20.3 Å². The van der Waals surface area contributed by atoms with Crippen molar-refractivity contribution in [2.45, 2.75) is 39.5 Å². The summed E-state index contributed by atoms with van der Waals surface area (Å²) in [7, 11) is 0. The van der Waals surface area contributed by atoms with Crippen LogP contribution >= 0.6 is 0 Å². The SMILES string of the molecule is CCCCC(=O)C(C#N)CC. The van der Waals surface area contributed by atoms with Gasteiger partial charge in [0.15, 0.2) is 0 Å². The van der Waals surface area contributed by atoms with E-state index in [0.717, 1.165) is 12.8 Å². The highest BCUT2D eigenvalue weighted by atomic mass is 16.1. The molecule has 0 amide bonds. The van der Waals surface area contributed by atoms with E-state index in [4.69, 9.17) is 5.26 Å². The summed E-state index contributed by atoms with van der Waals surface area (Å²) in [5.41, 5.74) is 0. The van der Waals surface area contributed by atoms with Crippen molar-refractivity contribution >= 4 is 5.78 Å². The van der Waals surface area contributed by atoms with Crippen LogP contribution in [0, 0.1) is 17.2 Å². The Hall–Kier alpha value is -0.840. The van der Waals surface area contributed by atoms with Crippen LogP contribution in [0.5, 0.6) is 0 Å². The highest BCUT2D eigenvalue weighted by Gasteiger charge is 2.13. The molecule has 62 valence electrons. The van der Waals surface area contributed by atoms with Crippen molar-refractivity contribution in [2.24, 2.45) is 5.92 Å². The van der Waals surface area contributed by atoms with Crippen LogP contribution in [0.2, 0.25) is 0 Å². The summed E-state index contributed by atoms with van der Waals surface area (Å²) >= 11 is 0. The topological polar surface area (TPSA) is 40.9 Å². The van der Waals surface area contributed by atoms with Gasteiger partial charge in [0.2, 0.25) is 0 Å². The number of ketones is 1. The number of carbonyl (C=O) groups is 1. The lowest BCUT2D eigenvalue weighted by Gasteiger charge is -2.02. The molecule has 0 aliphatic rings. The Kier molecular flexibility index (Phi) is 5.46. The van der Waals surface area contributed by atoms with E-state index in [9.17, 15) is 4.79 Å². The first kappa shape index (κ1) is 10.2. The standard InChI is InChI=1S/C9H15NO/c1-3-5-6-9(11)8(4-2)7-10/h8H,3-6H2,1-2H3. The molecule has 0 fully saturated rings. The Labute approximate surface area is 68.2 Å². The molecule has 0 aromatic heterocycles. The van der Waals surface area contributed by atoms with Crippen LogP contribution in [0.1, 0.15) is 39.5 Å². The fourth-order valence-electron chi connectivity index (χ4n) is 0.916. The van der Waals surface area contributed by atoms with E-state index in [1.165, 1.54) is 0 Å². The summed E-state index contributed by atoms with van der Waals surface area (Å²) in [4.78, 5) is 11.1. The van der Waals surface area contributed by atoms with Crippen molar-refractivity contribution in [2.75, 3.05) is 0 Å². The molecule has 0 saturated heterocycles. The van der Waals surface area contributed by atoms with Crippen LogP contribution in [0.4, 0.5) is 0 Å². The zero-order valence-electron chi connectivity index (χ0n) is 7.26. The van der Waals surface area contributed by atoms with Crippen molar-refractivity contribution in [1.82, 2.24) is 0 Å². The van der Waals surface area contributed by atoms with Gasteiger partial charge < -0.3 is 0 Å². The van der Waals surface area contributed by atoms with Gasteiger partial charge in [-0.2, -0.15) is 5.26 Å². The van der Waals surface area contributed by atoms with Crippen molar-refractivity contribution < 1.29 is 4.79 Å². The third-order valence-electron chi connectivity index (χ3n) is 1.73. The third-order valence-corrected chi connectivity index (χ3v) is 1.73. The highest BCUT2D eigenvalue weighted by molar-refractivity contribution is 5.83. The summed E-state index contributed by atoms with van der Waals surface area (Å²) in [6.07, 6.45) is 3.16. The van der Waals surface area contributed by atoms with Gasteiger partial charge in [0.1, 0.15) is 11.7 Å². The molecule has 0 aliphatic carbocycles. The Morgan fingerprint density at radius 1 is 1.55 bits per heavy atom. The third kappa shape index (κ3) is 3.77. The second kappa shape index (κ2) is 5.91. The maximum Gasteiger partial charge on any atom is 0.149 e. The molecule has 1 unspecified atom stereocenters. The summed E-state index contributed by atoms with van der Waals surface area (Å²) < 4.78 is 0. The number of Topliss-reactive ketones (excluding diaryl/α,β-unsaturated/α-hetero) is 1. The normalized spacial score (nSPS) is 12.1. The van der Waals surface area contributed by atoms with Crippen LogP contribution in [-0.2, 0) is 4.79 Å². The van der Waals surface area contributed by atoms with Crippen LogP contribution in [0.15, 0.2) is 0 Å². The number of nitriles is 1. The van der Waals surface area contributed by atoms with Gasteiger partial charge in [-0.25, -0.2) is 0 Å².